The normalized spacial score (nSPS) is 10.4. The topological polar surface area (TPSA) is 22.1 Å². The molecule has 2 nitrogen and oxygen atoms in total. The summed E-state index contributed by atoms with van der Waals surface area (Å²) >= 11 is 0. The van der Waals surface area contributed by atoms with E-state index in [9.17, 15) is 0 Å². The van der Waals surface area contributed by atoms with Crippen molar-refractivity contribution in [3.63, 3.8) is 0 Å². The van der Waals surface area contributed by atoms with Crippen molar-refractivity contribution < 1.29 is 4.65 Å². The summed E-state index contributed by atoms with van der Waals surface area (Å²) in [5.74, 6) is 0.625. The highest BCUT2D eigenvalue weighted by Crippen LogP contribution is 2.29. The van der Waals surface area contributed by atoms with E-state index in [-0.39, 0.29) is 0 Å². The first-order chi connectivity index (χ1) is 8.88. The molecule has 0 saturated carbocycles. The van der Waals surface area contributed by atoms with E-state index in [4.69, 9.17) is 12.7 Å². The first-order valence-electron chi connectivity index (χ1n) is 5.70. The number of fused-ring (bicyclic) bond motifs is 1. The number of aromatic nitrogens is 1. The SMILES string of the molecule is [B]Oc1ccccc1-c1ccc2ccccc2n1. The Hall–Kier alpha value is -2.29. The van der Waals surface area contributed by atoms with Crippen LogP contribution in [0.4, 0.5) is 0 Å². The fraction of sp³-hybridized carbons (Fsp3) is 0. The Bertz CT molecular complexity index is 697. The summed E-state index contributed by atoms with van der Waals surface area (Å²) in [6.07, 6.45) is 0. The molecule has 3 heteroatoms. The number of rotatable bonds is 2. The van der Waals surface area contributed by atoms with Gasteiger partial charge in [0.15, 0.2) is 0 Å². The molecule has 84 valence electrons. The zero-order chi connectivity index (χ0) is 12.4. The van der Waals surface area contributed by atoms with E-state index in [1.165, 1.54) is 0 Å². The van der Waals surface area contributed by atoms with Gasteiger partial charge < -0.3 is 4.65 Å². The highest BCUT2D eigenvalue weighted by atomic mass is 16.4. The minimum atomic E-state index is 0.625. The molecule has 3 rings (SSSR count). The summed E-state index contributed by atoms with van der Waals surface area (Å²) in [7, 11) is 5.27. The predicted octanol–water partition coefficient (Wildman–Crippen LogP) is 3.36. The Morgan fingerprint density at radius 3 is 2.50 bits per heavy atom. The lowest BCUT2D eigenvalue weighted by Gasteiger charge is -2.08. The molecule has 0 aliphatic heterocycles. The molecular formula is C15H10BNO. The second-order valence-electron chi connectivity index (χ2n) is 4.00. The van der Waals surface area contributed by atoms with Crippen LogP contribution in [0.25, 0.3) is 22.2 Å². The zero-order valence-corrected chi connectivity index (χ0v) is 9.71. The van der Waals surface area contributed by atoms with Crippen molar-refractivity contribution in [2.45, 2.75) is 0 Å². The molecule has 1 heterocycles. The summed E-state index contributed by atoms with van der Waals surface area (Å²) in [5.41, 5.74) is 2.71. The Kier molecular flexibility index (Phi) is 2.73. The Morgan fingerprint density at radius 1 is 0.833 bits per heavy atom. The van der Waals surface area contributed by atoms with Gasteiger partial charge in [0.1, 0.15) is 5.75 Å². The molecule has 0 spiro atoms. The van der Waals surface area contributed by atoms with Gasteiger partial charge in [-0.2, -0.15) is 0 Å². The number of benzene rings is 2. The molecule has 0 atom stereocenters. The Labute approximate surface area is 107 Å². The standard InChI is InChI=1S/C15H10BNO/c16-18-15-8-4-2-6-12(15)14-10-9-11-5-1-3-7-13(11)17-14/h1-10H. The summed E-state index contributed by atoms with van der Waals surface area (Å²) in [5, 5.41) is 1.12. The molecule has 3 aromatic rings. The number of para-hydroxylation sites is 2. The fourth-order valence-electron chi connectivity index (χ4n) is 2.00. The third-order valence-corrected chi connectivity index (χ3v) is 2.89. The van der Waals surface area contributed by atoms with Crippen molar-refractivity contribution in [2.75, 3.05) is 0 Å². The van der Waals surface area contributed by atoms with Gasteiger partial charge >= 0.3 is 8.05 Å². The number of nitrogens with zero attached hydrogens (tertiary/aromatic N) is 1. The molecule has 0 N–H and O–H groups in total. The van der Waals surface area contributed by atoms with E-state index in [0.29, 0.717) is 5.75 Å². The largest absolute Gasteiger partial charge is 0.567 e. The van der Waals surface area contributed by atoms with Crippen LogP contribution >= 0.6 is 0 Å². The van der Waals surface area contributed by atoms with Crippen LogP contribution in [0.1, 0.15) is 0 Å². The van der Waals surface area contributed by atoms with Gasteiger partial charge in [0.25, 0.3) is 0 Å². The number of hydrogen-bond acceptors (Lipinski definition) is 2. The van der Waals surface area contributed by atoms with Crippen LogP contribution in [-0.4, -0.2) is 13.0 Å². The lowest BCUT2D eigenvalue weighted by Crippen LogP contribution is -1.91. The van der Waals surface area contributed by atoms with Crippen molar-refractivity contribution in [3.8, 4) is 17.0 Å². The van der Waals surface area contributed by atoms with Gasteiger partial charge in [0.2, 0.25) is 0 Å². The third-order valence-electron chi connectivity index (χ3n) is 2.89. The predicted molar refractivity (Wildman–Crippen MR) is 73.6 cm³/mol. The minimum absolute atomic E-state index is 0.625. The smallest absolute Gasteiger partial charge is 0.374 e. The summed E-state index contributed by atoms with van der Waals surface area (Å²) in [6, 6.07) is 19.6. The zero-order valence-electron chi connectivity index (χ0n) is 9.71. The second-order valence-corrected chi connectivity index (χ2v) is 4.00. The Morgan fingerprint density at radius 2 is 1.61 bits per heavy atom. The summed E-state index contributed by atoms with van der Waals surface area (Å²) in [4.78, 5) is 4.62. The van der Waals surface area contributed by atoms with Gasteiger partial charge in [-0.15, -0.1) is 0 Å². The summed E-state index contributed by atoms with van der Waals surface area (Å²) < 4.78 is 4.87. The van der Waals surface area contributed by atoms with E-state index in [0.717, 1.165) is 22.2 Å². The van der Waals surface area contributed by atoms with Crippen molar-refractivity contribution in [2.24, 2.45) is 0 Å². The van der Waals surface area contributed by atoms with Crippen LogP contribution in [0.15, 0.2) is 60.7 Å². The maximum absolute atomic E-state index is 5.27. The molecule has 0 saturated heterocycles. The molecule has 0 aliphatic carbocycles. The van der Waals surface area contributed by atoms with Crippen LogP contribution in [0.3, 0.4) is 0 Å². The van der Waals surface area contributed by atoms with E-state index < -0.39 is 0 Å². The van der Waals surface area contributed by atoms with Gasteiger partial charge in [0, 0.05) is 10.9 Å². The van der Waals surface area contributed by atoms with Crippen molar-refractivity contribution in [1.29, 1.82) is 0 Å². The van der Waals surface area contributed by atoms with Crippen molar-refractivity contribution in [3.05, 3.63) is 60.7 Å². The van der Waals surface area contributed by atoms with Gasteiger partial charge in [0.05, 0.1) is 11.2 Å². The number of pyridine rings is 1. The monoisotopic (exact) mass is 231 g/mol. The maximum atomic E-state index is 5.27. The van der Waals surface area contributed by atoms with Gasteiger partial charge in [-0.05, 0) is 24.3 Å². The molecular weight excluding hydrogens is 221 g/mol. The summed E-state index contributed by atoms with van der Waals surface area (Å²) in [6.45, 7) is 0. The molecule has 18 heavy (non-hydrogen) atoms. The number of hydrogen-bond donors (Lipinski definition) is 0. The van der Waals surface area contributed by atoms with E-state index >= 15 is 0 Å². The fourth-order valence-corrected chi connectivity index (χ4v) is 2.00. The van der Waals surface area contributed by atoms with Gasteiger partial charge in [-0.3, -0.25) is 0 Å². The highest BCUT2D eigenvalue weighted by Gasteiger charge is 2.06. The first kappa shape index (κ1) is 10.8. The minimum Gasteiger partial charge on any atom is -0.567 e. The second kappa shape index (κ2) is 4.53. The average Bonchev–Trinajstić information content (AvgIpc) is 2.46. The van der Waals surface area contributed by atoms with Crippen LogP contribution in [0.2, 0.25) is 0 Å². The van der Waals surface area contributed by atoms with Crippen LogP contribution < -0.4 is 4.65 Å². The molecule has 2 aromatic carbocycles. The first-order valence-corrected chi connectivity index (χ1v) is 5.70. The third kappa shape index (κ3) is 1.84. The van der Waals surface area contributed by atoms with Crippen LogP contribution in [0.5, 0.6) is 5.75 Å². The van der Waals surface area contributed by atoms with Crippen molar-refractivity contribution in [1.82, 2.24) is 4.98 Å². The average molecular weight is 231 g/mol. The lowest BCUT2D eigenvalue weighted by atomic mass is 10.1. The quantitative estimate of drug-likeness (QED) is 0.631. The van der Waals surface area contributed by atoms with Crippen molar-refractivity contribution >= 4 is 19.0 Å². The molecule has 0 bridgehead atoms. The maximum Gasteiger partial charge on any atom is 0.374 e. The van der Waals surface area contributed by atoms with Gasteiger partial charge in [-0.25, -0.2) is 4.98 Å². The highest BCUT2D eigenvalue weighted by molar-refractivity contribution is 6.00. The lowest BCUT2D eigenvalue weighted by molar-refractivity contribution is 0.618. The molecule has 0 amide bonds. The molecule has 0 fully saturated rings. The van der Waals surface area contributed by atoms with E-state index in [2.05, 4.69) is 4.98 Å². The van der Waals surface area contributed by atoms with E-state index in [1.807, 2.05) is 60.7 Å². The molecule has 1 aromatic heterocycles. The molecule has 0 aliphatic rings. The van der Waals surface area contributed by atoms with E-state index in [1.54, 1.807) is 0 Å². The molecule has 2 radical (unpaired) electrons. The molecule has 0 unspecified atom stereocenters. The Balaban J connectivity index is 2.19. The van der Waals surface area contributed by atoms with Crippen LogP contribution in [0, 0.1) is 0 Å². The van der Waals surface area contributed by atoms with Gasteiger partial charge in [-0.1, -0.05) is 36.4 Å². The van der Waals surface area contributed by atoms with Crippen LogP contribution in [-0.2, 0) is 0 Å².